The van der Waals surface area contributed by atoms with Crippen molar-refractivity contribution in [2.75, 3.05) is 6.54 Å². The number of fused-ring (bicyclic) bond motifs is 1. The lowest BCUT2D eigenvalue weighted by atomic mass is 10.1. The number of aliphatic hydroxyl groups excluding tert-OH is 1. The maximum absolute atomic E-state index is 12.2. The lowest BCUT2D eigenvalue weighted by molar-refractivity contribution is 0.0915. The Morgan fingerprint density at radius 1 is 1.20 bits per heavy atom. The van der Waals surface area contributed by atoms with Gasteiger partial charge in [-0.2, -0.15) is 0 Å². The second-order valence-corrected chi connectivity index (χ2v) is 5.90. The first-order valence-electron chi connectivity index (χ1n) is 8.02. The van der Waals surface area contributed by atoms with Gasteiger partial charge in [0.25, 0.3) is 5.91 Å². The molecule has 6 nitrogen and oxygen atoms in total. The molecule has 3 aromatic rings. The van der Waals surface area contributed by atoms with Gasteiger partial charge in [-0.3, -0.25) is 9.59 Å². The van der Waals surface area contributed by atoms with Crippen LogP contribution in [-0.2, 0) is 0 Å². The summed E-state index contributed by atoms with van der Waals surface area (Å²) in [5.41, 5.74) is 0.810. The molecule has 0 aliphatic rings. The topological polar surface area (TPSA) is 92.7 Å². The highest BCUT2D eigenvalue weighted by Gasteiger charge is 2.16. The van der Waals surface area contributed by atoms with E-state index in [1.807, 2.05) is 6.92 Å². The van der Waals surface area contributed by atoms with E-state index in [-0.39, 0.29) is 17.7 Å². The van der Waals surface area contributed by atoms with Gasteiger partial charge < -0.3 is 19.3 Å². The molecule has 0 bridgehead atoms. The molecular weight excluding hydrogens is 322 g/mol. The summed E-state index contributed by atoms with van der Waals surface area (Å²) in [5.74, 6) is 0.856. The van der Waals surface area contributed by atoms with Crippen LogP contribution in [0.1, 0.15) is 40.2 Å². The van der Waals surface area contributed by atoms with E-state index in [0.29, 0.717) is 28.7 Å². The van der Waals surface area contributed by atoms with Crippen molar-refractivity contribution in [2.24, 2.45) is 0 Å². The van der Waals surface area contributed by atoms with Gasteiger partial charge in [0.15, 0.2) is 11.2 Å². The Morgan fingerprint density at radius 3 is 2.68 bits per heavy atom. The SMILES string of the molecule is Cc1cc([C@H](O)CCNC(=O)c2cc(=O)c3ccccc3o2)c(C)o1. The number of furan rings is 1. The first kappa shape index (κ1) is 17.0. The minimum Gasteiger partial charge on any atom is -0.466 e. The molecule has 3 rings (SSSR count). The van der Waals surface area contributed by atoms with E-state index in [1.165, 1.54) is 6.07 Å². The standard InChI is InChI=1S/C19H19NO5/c1-11-9-14(12(2)24-11)15(21)7-8-20-19(23)18-10-16(22)13-5-3-4-6-17(13)25-18/h3-6,9-10,15,21H,7-8H2,1-2H3,(H,20,23)/t15-/m1/s1. The first-order chi connectivity index (χ1) is 12.0. The van der Waals surface area contributed by atoms with Crippen molar-refractivity contribution in [1.29, 1.82) is 0 Å². The number of hydrogen-bond donors (Lipinski definition) is 2. The van der Waals surface area contributed by atoms with Crippen molar-refractivity contribution >= 4 is 16.9 Å². The summed E-state index contributed by atoms with van der Waals surface area (Å²) in [7, 11) is 0. The fourth-order valence-corrected chi connectivity index (χ4v) is 2.76. The fourth-order valence-electron chi connectivity index (χ4n) is 2.76. The highest BCUT2D eigenvalue weighted by molar-refractivity contribution is 5.93. The molecule has 130 valence electrons. The highest BCUT2D eigenvalue weighted by Crippen LogP contribution is 2.23. The molecular formula is C19H19NO5. The average molecular weight is 341 g/mol. The largest absolute Gasteiger partial charge is 0.466 e. The van der Waals surface area contributed by atoms with Crippen LogP contribution in [0.3, 0.4) is 0 Å². The molecule has 2 aromatic heterocycles. The number of rotatable bonds is 5. The molecule has 1 atom stereocenters. The Hall–Kier alpha value is -2.86. The summed E-state index contributed by atoms with van der Waals surface area (Å²) in [6, 6.07) is 9.72. The summed E-state index contributed by atoms with van der Waals surface area (Å²) in [5, 5.41) is 13.3. The van der Waals surface area contributed by atoms with Gasteiger partial charge in [-0.1, -0.05) is 12.1 Å². The molecule has 0 saturated carbocycles. The third kappa shape index (κ3) is 3.64. The smallest absolute Gasteiger partial charge is 0.287 e. The van der Waals surface area contributed by atoms with Gasteiger partial charge >= 0.3 is 0 Å². The summed E-state index contributed by atoms with van der Waals surface area (Å²) in [6.45, 7) is 3.83. The zero-order chi connectivity index (χ0) is 18.0. The van der Waals surface area contributed by atoms with Crippen LogP contribution < -0.4 is 10.7 Å². The molecule has 0 saturated heterocycles. The molecule has 25 heavy (non-hydrogen) atoms. The van der Waals surface area contributed by atoms with Crippen molar-refractivity contribution in [1.82, 2.24) is 5.32 Å². The van der Waals surface area contributed by atoms with Gasteiger partial charge in [0.05, 0.1) is 11.5 Å². The predicted molar refractivity (Wildman–Crippen MR) is 92.6 cm³/mol. The molecule has 1 aromatic carbocycles. The number of amides is 1. The quantitative estimate of drug-likeness (QED) is 0.744. The third-order valence-electron chi connectivity index (χ3n) is 4.00. The zero-order valence-corrected chi connectivity index (χ0v) is 14.0. The maximum Gasteiger partial charge on any atom is 0.287 e. The molecule has 2 heterocycles. The van der Waals surface area contributed by atoms with Crippen LogP contribution >= 0.6 is 0 Å². The lowest BCUT2D eigenvalue weighted by Crippen LogP contribution is -2.26. The molecule has 0 radical (unpaired) electrons. The van der Waals surface area contributed by atoms with Crippen molar-refractivity contribution < 1.29 is 18.7 Å². The van der Waals surface area contributed by atoms with Crippen LogP contribution in [0.5, 0.6) is 0 Å². The van der Waals surface area contributed by atoms with Gasteiger partial charge in [0.2, 0.25) is 0 Å². The Kier molecular flexibility index (Phi) is 4.72. The molecule has 6 heteroatoms. The highest BCUT2D eigenvalue weighted by atomic mass is 16.3. The van der Waals surface area contributed by atoms with E-state index >= 15 is 0 Å². The number of carbonyl (C=O) groups excluding carboxylic acids is 1. The van der Waals surface area contributed by atoms with E-state index in [4.69, 9.17) is 8.83 Å². The zero-order valence-electron chi connectivity index (χ0n) is 14.0. The molecule has 2 N–H and O–H groups in total. The molecule has 0 spiro atoms. The van der Waals surface area contributed by atoms with Crippen molar-refractivity contribution in [2.45, 2.75) is 26.4 Å². The molecule has 0 fully saturated rings. The van der Waals surface area contributed by atoms with Crippen molar-refractivity contribution in [3.05, 3.63) is 69.5 Å². The van der Waals surface area contributed by atoms with E-state index in [1.54, 1.807) is 37.3 Å². The lowest BCUT2D eigenvalue weighted by Gasteiger charge is -2.10. The number of benzene rings is 1. The maximum atomic E-state index is 12.2. The fraction of sp³-hybridized carbons (Fsp3) is 0.263. The Bertz CT molecular complexity index is 969. The average Bonchev–Trinajstić information content (AvgIpc) is 2.93. The van der Waals surface area contributed by atoms with Crippen molar-refractivity contribution in [3.63, 3.8) is 0 Å². The molecule has 0 unspecified atom stereocenters. The van der Waals surface area contributed by atoms with Crippen LogP contribution in [0.4, 0.5) is 0 Å². The summed E-state index contributed by atoms with van der Waals surface area (Å²) < 4.78 is 10.9. The van der Waals surface area contributed by atoms with Crippen LogP contribution in [-0.4, -0.2) is 17.6 Å². The second kappa shape index (κ2) is 6.94. The predicted octanol–water partition coefficient (Wildman–Crippen LogP) is 2.86. The van der Waals surface area contributed by atoms with Gasteiger partial charge in [-0.05, 0) is 38.5 Å². The van der Waals surface area contributed by atoms with Gasteiger partial charge in [-0.15, -0.1) is 0 Å². The minimum absolute atomic E-state index is 0.0477. The summed E-state index contributed by atoms with van der Waals surface area (Å²) >= 11 is 0. The third-order valence-corrected chi connectivity index (χ3v) is 4.00. The van der Waals surface area contributed by atoms with Crippen LogP contribution in [0.2, 0.25) is 0 Å². The van der Waals surface area contributed by atoms with Gasteiger partial charge in [0, 0.05) is 18.2 Å². The van der Waals surface area contributed by atoms with Crippen LogP contribution in [0.15, 0.2) is 50.0 Å². The number of aryl methyl sites for hydroxylation is 2. The van der Waals surface area contributed by atoms with E-state index in [9.17, 15) is 14.7 Å². The number of carbonyl (C=O) groups is 1. The molecule has 0 aliphatic carbocycles. The van der Waals surface area contributed by atoms with Crippen molar-refractivity contribution in [3.8, 4) is 0 Å². The first-order valence-corrected chi connectivity index (χ1v) is 8.02. The van der Waals surface area contributed by atoms with Crippen LogP contribution in [0.25, 0.3) is 11.0 Å². The Balaban J connectivity index is 1.65. The monoisotopic (exact) mass is 341 g/mol. The minimum atomic E-state index is -0.735. The number of aliphatic hydroxyl groups is 1. The Morgan fingerprint density at radius 2 is 1.96 bits per heavy atom. The number of nitrogens with one attached hydrogen (secondary N) is 1. The normalized spacial score (nSPS) is 12.3. The number of para-hydroxylation sites is 1. The van der Waals surface area contributed by atoms with Gasteiger partial charge in [0.1, 0.15) is 17.1 Å². The van der Waals surface area contributed by atoms with E-state index in [2.05, 4.69) is 5.32 Å². The van der Waals surface area contributed by atoms with Gasteiger partial charge in [-0.25, -0.2) is 0 Å². The molecule has 1 amide bonds. The van der Waals surface area contributed by atoms with Crippen LogP contribution in [0, 0.1) is 13.8 Å². The number of hydrogen-bond acceptors (Lipinski definition) is 5. The summed E-state index contributed by atoms with van der Waals surface area (Å²) in [6.07, 6.45) is -0.412. The van der Waals surface area contributed by atoms with E-state index in [0.717, 1.165) is 5.76 Å². The second-order valence-electron chi connectivity index (χ2n) is 5.90. The summed E-state index contributed by atoms with van der Waals surface area (Å²) in [4.78, 5) is 24.2. The molecule has 0 aliphatic heterocycles. The van der Waals surface area contributed by atoms with E-state index < -0.39 is 12.0 Å². The Labute approximate surface area is 144 Å².